The minimum atomic E-state index is 0.221. The first-order valence-corrected chi connectivity index (χ1v) is 13.7. The third-order valence-corrected chi connectivity index (χ3v) is 10.5. The fourth-order valence-corrected chi connectivity index (χ4v) is 8.92. The summed E-state index contributed by atoms with van der Waals surface area (Å²) in [4.78, 5) is 18.6. The molecule has 0 radical (unpaired) electrons. The Labute approximate surface area is 195 Å². The van der Waals surface area contributed by atoms with Gasteiger partial charge in [-0.15, -0.1) is 0 Å². The van der Waals surface area contributed by atoms with Gasteiger partial charge in [-0.25, -0.2) is 4.98 Å². The molecule has 5 rings (SSSR count). The molecule has 3 heteroatoms. The highest BCUT2D eigenvalue weighted by molar-refractivity contribution is 5.84. The van der Waals surface area contributed by atoms with Gasteiger partial charge in [0.25, 0.3) is 0 Å². The van der Waals surface area contributed by atoms with Crippen LogP contribution in [0.1, 0.15) is 102 Å². The van der Waals surface area contributed by atoms with E-state index in [0.717, 1.165) is 54.7 Å². The number of rotatable bonds is 6. The van der Waals surface area contributed by atoms with E-state index < -0.39 is 0 Å². The van der Waals surface area contributed by atoms with Crippen LogP contribution < -0.4 is 0 Å². The highest BCUT2D eigenvalue weighted by Gasteiger charge is 2.57. The Morgan fingerprint density at radius 1 is 1.16 bits per heavy atom. The topological polar surface area (TPSA) is 34.9 Å². The number of nitrogens with zero attached hydrogens (tertiary/aromatic N) is 2. The molecule has 0 aromatic carbocycles. The highest BCUT2D eigenvalue weighted by atomic mass is 16.1. The van der Waals surface area contributed by atoms with Crippen LogP contribution >= 0.6 is 0 Å². The molecule has 3 fully saturated rings. The lowest BCUT2D eigenvalue weighted by atomic mass is 9.50. The van der Waals surface area contributed by atoms with Gasteiger partial charge in [-0.3, -0.25) is 4.79 Å². The summed E-state index contributed by atoms with van der Waals surface area (Å²) in [6, 6.07) is 0. The Bertz CT molecular complexity index is 882. The number of aryl methyl sites for hydroxylation is 1. The predicted molar refractivity (Wildman–Crippen MR) is 131 cm³/mol. The van der Waals surface area contributed by atoms with E-state index in [-0.39, 0.29) is 11.3 Å². The molecule has 0 saturated heterocycles. The molecule has 32 heavy (non-hydrogen) atoms. The Morgan fingerprint density at radius 3 is 2.75 bits per heavy atom. The Balaban J connectivity index is 1.33. The van der Waals surface area contributed by atoms with Crippen LogP contribution in [0, 0.1) is 40.9 Å². The summed E-state index contributed by atoms with van der Waals surface area (Å²) >= 11 is 0. The van der Waals surface area contributed by atoms with Crippen LogP contribution in [0.2, 0.25) is 0 Å². The van der Waals surface area contributed by atoms with Crippen molar-refractivity contribution in [2.24, 2.45) is 48.0 Å². The fraction of sp³-hybridized carbons (Fsp3) is 0.793. The van der Waals surface area contributed by atoms with Gasteiger partial charge < -0.3 is 4.57 Å². The van der Waals surface area contributed by atoms with E-state index in [9.17, 15) is 4.79 Å². The maximum absolute atomic E-state index is 13.7. The Hall–Kier alpha value is -1.38. The third-order valence-electron chi connectivity index (χ3n) is 10.5. The maximum atomic E-state index is 13.7. The second-order valence-electron chi connectivity index (χ2n) is 11.8. The molecule has 0 spiro atoms. The molecule has 0 amide bonds. The molecular formula is C29H44N2O. The number of carbonyl (C=O) groups excluding carboxylic acids is 1. The van der Waals surface area contributed by atoms with Crippen LogP contribution in [-0.4, -0.2) is 15.3 Å². The zero-order valence-corrected chi connectivity index (χ0v) is 20.9. The van der Waals surface area contributed by atoms with E-state index in [1.807, 2.05) is 0 Å². The molecule has 0 N–H and O–H groups in total. The lowest BCUT2D eigenvalue weighted by Gasteiger charge is -2.54. The SMILES string of the molecule is CCCC1C(CC)CCC2C1CCC1(C)C(C(=O)Cc3nc4c(n3C)C=CCC4)CCC21. The minimum Gasteiger partial charge on any atom is -0.331 e. The van der Waals surface area contributed by atoms with Gasteiger partial charge in [0, 0.05) is 13.0 Å². The molecule has 4 aliphatic rings. The van der Waals surface area contributed by atoms with Gasteiger partial charge in [0.05, 0.1) is 17.8 Å². The van der Waals surface area contributed by atoms with Gasteiger partial charge in [0.15, 0.2) is 0 Å². The fourth-order valence-electron chi connectivity index (χ4n) is 8.92. The average molecular weight is 437 g/mol. The van der Waals surface area contributed by atoms with Crippen LogP contribution in [0.25, 0.3) is 6.08 Å². The number of hydrogen-bond donors (Lipinski definition) is 0. The van der Waals surface area contributed by atoms with Crippen LogP contribution in [0.15, 0.2) is 6.08 Å². The number of aromatic nitrogens is 2. The molecule has 7 atom stereocenters. The van der Waals surface area contributed by atoms with E-state index >= 15 is 0 Å². The highest BCUT2D eigenvalue weighted by Crippen LogP contribution is 2.63. The summed E-state index contributed by atoms with van der Waals surface area (Å²) in [5.74, 6) is 6.15. The standard InChI is InChI=1S/C29H44N2O/c1-5-9-20-19(6-2)12-13-22-21(20)16-17-29(3)23(22)14-15-24(29)27(32)18-28-30-25-10-7-8-11-26(25)31(28)4/h8,11,19-24H,5-7,9-10,12-18H2,1-4H3. The van der Waals surface area contributed by atoms with Crippen molar-refractivity contribution in [3.05, 3.63) is 23.3 Å². The number of fused-ring (bicyclic) bond motifs is 4. The number of hydrogen-bond acceptors (Lipinski definition) is 2. The monoisotopic (exact) mass is 436 g/mol. The number of imidazole rings is 1. The normalized spacial score (nSPS) is 38.2. The molecule has 3 nitrogen and oxygen atoms in total. The lowest BCUT2D eigenvalue weighted by Crippen LogP contribution is -2.48. The summed E-state index contributed by atoms with van der Waals surface area (Å²) < 4.78 is 2.18. The molecule has 1 heterocycles. The second-order valence-corrected chi connectivity index (χ2v) is 11.8. The van der Waals surface area contributed by atoms with Gasteiger partial charge in [-0.2, -0.15) is 0 Å². The van der Waals surface area contributed by atoms with Gasteiger partial charge in [-0.05, 0) is 92.4 Å². The van der Waals surface area contributed by atoms with Crippen molar-refractivity contribution < 1.29 is 4.79 Å². The molecular weight excluding hydrogens is 392 g/mol. The summed E-state index contributed by atoms with van der Waals surface area (Å²) in [6.45, 7) is 7.28. The zero-order chi connectivity index (χ0) is 22.5. The average Bonchev–Trinajstić information content (AvgIpc) is 3.31. The van der Waals surface area contributed by atoms with E-state index in [2.05, 4.69) is 44.5 Å². The largest absolute Gasteiger partial charge is 0.331 e. The van der Waals surface area contributed by atoms with Crippen molar-refractivity contribution in [2.45, 2.75) is 97.8 Å². The van der Waals surface area contributed by atoms with E-state index in [0.29, 0.717) is 12.2 Å². The molecule has 4 aliphatic carbocycles. The predicted octanol–water partition coefficient (Wildman–Crippen LogP) is 6.79. The summed E-state index contributed by atoms with van der Waals surface area (Å²) in [6.07, 6.45) is 19.0. The Kier molecular flexibility index (Phi) is 6.14. The molecule has 1 aromatic heterocycles. The molecule has 3 saturated carbocycles. The van der Waals surface area contributed by atoms with Crippen molar-refractivity contribution >= 4 is 11.9 Å². The van der Waals surface area contributed by atoms with Gasteiger partial charge in [0.1, 0.15) is 11.6 Å². The van der Waals surface area contributed by atoms with Crippen LogP contribution in [-0.2, 0) is 24.7 Å². The second kappa shape index (κ2) is 8.76. The number of Topliss-reactive ketones (excluding diaryl/α,β-unsaturated/α-hetero) is 1. The number of allylic oxidation sites excluding steroid dienone is 1. The van der Waals surface area contributed by atoms with Crippen LogP contribution in [0.5, 0.6) is 0 Å². The molecule has 0 bridgehead atoms. The van der Waals surface area contributed by atoms with E-state index in [1.54, 1.807) is 0 Å². The first kappa shape index (κ1) is 22.4. The zero-order valence-electron chi connectivity index (χ0n) is 20.9. The maximum Gasteiger partial charge on any atom is 0.144 e. The van der Waals surface area contributed by atoms with Crippen molar-refractivity contribution in [3.8, 4) is 0 Å². The summed E-state index contributed by atoms with van der Waals surface area (Å²) in [5.41, 5.74) is 2.62. The van der Waals surface area contributed by atoms with Crippen LogP contribution in [0.4, 0.5) is 0 Å². The molecule has 176 valence electrons. The third kappa shape index (κ3) is 3.53. The molecule has 1 aromatic rings. The Morgan fingerprint density at radius 2 is 2.00 bits per heavy atom. The summed E-state index contributed by atoms with van der Waals surface area (Å²) in [7, 11) is 2.09. The smallest absolute Gasteiger partial charge is 0.144 e. The van der Waals surface area contributed by atoms with Gasteiger partial charge in [-0.1, -0.05) is 46.1 Å². The molecule has 7 unspecified atom stereocenters. The summed E-state index contributed by atoms with van der Waals surface area (Å²) in [5, 5.41) is 0. The number of ketones is 1. The lowest BCUT2D eigenvalue weighted by molar-refractivity contribution is -0.129. The first-order valence-electron chi connectivity index (χ1n) is 13.7. The molecule has 0 aliphatic heterocycles. The van der Waals surface area contributed by atoms with Crippen molar-refractivity contribution in [3.63, 3.8) is 0 Å². The van der Waals surface area contributed by atoms with Crippen molar-refractivity contribution in [1.29, 1.82) is 0 Å². The van der Waals surface area contributed by atoms with E-state index in [1.165, 1.54) is 62.8 Å². The van der Waals surface area contributed by atoms with Gasteiger partial charge in [0.2, 0.25) is 0 Å². The van der Waals surface area contributed by atoms with E-state index in [4.69, 9.17) is 4.98 Å². The quantitative estimate of drug-likeness (QED) is 0.492. The minimum absolute atomic E-state index is 0.221. The van der Waals surface area contributed by atoms with Gasteiger partial charge >= 0.3 is 0 Å². The first-order chi connectivity index (χ1) is 15.5. The van der Waals surface area contributed by atoms with Crippen LogP contribution in [0.3, 0.4) is 0 Å². The number of carbonyl (C=O) groups is 1. The van der Waals surface area contributed by atoms with Crippen molar-refractivity contribution in [2.75, 3.05) is 0 Å². The van der Waals surface area contributed by atoms with Crippen molar-refractivity contribution in [1.82, 2.24) is 9.55 Å².